The molecule has 0 aliphatic rings. The van der Waals surface area contributed by atoms with E-state index < -0.39 is 10.0 Å². The van der Waals surface area contributed by atoms with E-state index in [2.05, 4.69) is 10.0 Å². The monoisotopic (exact) mass is 368 g/mol. The van der Waals surface area contributed by atoms with Crippen molar-refractivity contribution in [2.24, 2.45) is 0 Å². The summed E-state index contributed by atoms with van der Waals surface area (Å²) in [6.07, 6.45) is 0. The van der Waals surface area contributed by atoms with Gasteiger partial charge >= 0.3 is 0 Å². The van der Waals surface area contributed by atoms with E-state index in [0.717, 1.165) is 0 Å². The Kier molecular flexibility index (Phi) is 5.06. The van der Waals surface area contributed by atoms with Crippen molar-refractivity contribution in [3.05, 3.63) is 45.1 Å². The summed E-state index contributed by atoms with van der Waals surface area (Å²) in [5, 5.41) is 3.97. The predicted octanol–water partition coefficient (Wildman–Crippen LogP) is 3.76. The first kappa shape index (κ1) is 16.5. The van der Waals surface area contributed by atoms with Crippen LogP contribution in [0.15, 0.2) is 33.8 Å². The number of rotatable bonds is 5. The minimum Gasteiger partial charge on any atom is -0.446 e. The second-order valence-electron chi connectivity index (χ2n) is 4.03. The number of nitrogens with one attached hydrogen (secondary N) is 2. The van der Waals surface area contributed by atoms with Gasteiger partial charge in [0.05, 0.1) is 22.3 Å². The van der Waals surface area contributed by atoms with Crippen LogP contribution < -0.4 is 10.0 Å². The summed E-state index contributed by atoms with van der Waals surface area (Å²) in [7, 11) is -2.29. The zero-order valence-corrected chi connectivity index (χ0v) is 13.9. The largest absolute Gasteiger partial charge is 0.446 e. The highest BCUT2D eigenvalue weighted by Crippen LogP contribution is 2.34. The number of halogens is 3. The molecule has 0 unspecified atom stereocenters. The zero-order valence-electron chi connectivity index (χ0n) is 10.8. The van der Waals surface area contributed by atoms with Gasteiger partial charge in [0.15, 0.2) is 0 Å². The molecule has 0 aliphatic carbocycles. The average Bonchev–Trinajstić information content (AvgIpc) is 2.87. The fourth-order valence-electron chi connectivity index (χ4n) is 1.58. The Labute approximate surface area is 137 Å². The molecule has 5 nitrogen and oxygen atoms in total. The van der Waals surface area contributed by atoms with Crippen LogP contribution in [0.2, 0.25) is 15.1 Å². The molecule has 0 aliphatic heterocycles. The van der Waals surface area contributed by atoms with Crippen LogP contribution in [0.25, 0.3) is 0 Å². The highest BCUT2D eigenvalue weighted by atomic mass is 35.5. The fourth-order valence-corrected chi connectivity index (χ4v) is 3.20. The number of hydrogen-bond acceptors (Lipinski definition) is 4. The van der Waals surface area contributed by atoms with Gasteiger partial charge in [-0.05, 0) is 31.3 Å². The van der Waals surface area contributed by atoms with E-state index in [9.17, 15) is 8.42 Å². The molecule has 2 N–H and O–H groups in total. The Bertz CT molecular complexity index is 736. The minimum absolute atomic E-state index is 0.157. The highest BCUT2D eigenvalue weighted by molar-refractivity contribution is 7.89. The van der Waals surface area contributed by atoms with Crippen molar-refractivity contribution in [1.29, 1.82) is 0 Å². The van der Waals surface area contributed by atoms with Gasteiger partial charge in [-0.3, -0.25) is 0 Å². The molecule has 1 aromatic heterocycles. The Morgan fingerprint density at radius 1 is 1.14 bits per heavy atom. The minimum atomic E-state index is -3.60. The van der Waals surface area contributed by atoms with E-state index in [4.69, 9.17) is 39.2 Å². The van der Waals surface area contributed by atoms with Crippen LogP contribution in [0, 0.1) is 0 Å². The molecule has 9 heteroatoms. The quantitative estimate of drug-likeness (QED) is 0.842. The van der Waals surface area contributed by atoms with E-state index >= 15 is 0 Å². The lowest BCUT2D eigenvalue weighted by Crippen LogP contribution is -2.17. The van der Waals surface area contributed by atoms with Crippen LogP contribution in [0.1, 0.15) is 5.76 Å². The van der Waals surface area contributed by atoms with Gasteiger partial charge in [-0.2, -0.15) is 0 Å². The summed E-state index contributed by atoms with van der Waals surface area (Å²) in [6.45, 7) is 0.223. The molecule has 21 heavy (non-hydrogen) atoms. The lowest BCUT2D eigenvalue weighted by Gasteiger charge is -2.09. The van der Waals surface area contributed by atoms with Gasteiger partial charge in [-0.15, -0.1) is 0 Å². The van der Waals surface area contributed by atoms with Gasteiger partial charge in [-0.25, -0.2) is 13.1 Å². The first-order valence-corrected chi connectivity index (χ1v) is 8.36. The van der Waals surface area contributed by atoms with Crippen molar-refractivity contribution in [3.8, 4) is 0 Å². The van der Waals surface area contributed by atoms with Crippen LogP contribution in [-0.4, -0.2) is 15.5 Å². The Morgan fingerprint density at radius 3 is 2.33 bits per heavy atom. The van der Waals surface area contributed by atoms with Crippen molar-refractivity contribution in [1.82, 2.24) is 4.72 Å². The number of benzene rings is 1. The number of sulfonamides is 1. The van der Waals surface area contributed by atoms with Crippen LogP contribution in [0.5, 0.6) is 0 Å². The molecule has 0 radical (unpaired) electrons. The molecule has 1 aromatic carbocycles. The molecule has 0 fully saturated rings. The second-order valence-corrected chi connectivity index (χ2v) is 7.09. The molecule has 0 saturated carbocycles. The first-order valence-electron chi connectivity index (χ1n) is 5.74. The Hall–Kier alpha value is -0.920. The topological polar surface area (TPSA) is 71.3 Å². The predicted molar refractivity (Wildman–Crippen MR) is 83.8 cm³/mol. The molecule has 114 valence electrons. The molecule has 0 bridgehead atoms. The lowest BCUT2D eigenvalue weighted by molar-refractivity contribution is 0.417. The van der Waals surface area contributed by atoms with Crippen molar-refractivity contribution >= 4 is 50.5 Å². The van der Waals surface area contributed by atoms with Gasteiger partial charge in [-0.1, -0.05) is 34.8 Å². The molecule has 1 heterocycles. The summed E-state index contributed by atoms with van der Waals surface area (Å²) in [5.74, 6) is 0.422. The third-order valence-electron chi connectivity index (χ3n) is 2.62. The van der Waals surface area contributed by atoms with E-state index in [1.165, 1.54) is 13.1 Å². The molecule has 2 aromatic rings. The standard InChI is InChI=1S/C12H11Cl3N2O3S/c1-16-21(18,19)11-3-2-8(20-11)6-17-12-9(14)4-7(13)5-10(12)15/h2-5,16-17H,6H2,1H3. The van der Waals surface area contributed by atoms with Gasteiger partial charge in [0.25, 0.3) is 10.0 Å². The fraction of sp³-hybridized carbons (Fsp3) is 0.167. The van der Waals surface area contributed by atoms with Gasteiger partial charge < -0.3 is 9.73 Å². The van der Waals surface area contributed by atoms with Crippen molar-refractivity contribution < 1.29 is 12.8 Å². The van der Waals surface area contributed by atoms with Gasteiger partial charge in [0, 0.05) is 5.02 Å². The van der Waals surface area contributed by atoms with E-state index in [0.29, 0.717) is 26.5 Å². The number of anilines is 1. The van der Waals surface area contributed by atoms with Crippen LogP contribution in [0.4, 0.5) is 5.69 Å². The molecule has 2 rings (SSSR count). The molecule has 0 saturated heterocycles. The summed E-state index contributed by atoms with van der Waals surface area (Å²) in [4.78, 5) is 0. The highest BCUT2D eigenvalue weighted by Gasteiger charge is 2.16. The van der Waals surface area contributed by atoms with Crippen LogP contribution in [0.3, 0.4) is 0 Å². The Morgan fingerprint density at radius 2 is 1.76 bits per heavy atom. The van der Waals surface area contributed by atoms with Crippen molar-refractivity contribution in [2.75, 3.05) is 12.4 Å². The zero-order chi connectivity index (χ0) is 15.6. The summed E-state index contributed by atoms with van der Waals surface area (Å²) in [5.41, 5.74) is 0.497. The van der Waals surface area contributed by atoms with E-state index in [1.807, 2.05) is 0 Å². The van der Waals surface area contributed by atoms with Crippen LogP contribution in [-0.2, 0) is 16.6 Å². The van der Waals surface area contributed by atoms with Gasteiger partial charge in [0.2, 0.25) is 5.09 Å². The maximum absolute atomic E-state index is 11.6. The third-order valence-corrected chi connectivity index (χ3v) is 4.72. The maximum atomic E-state index is 11.6. The van der Waals surface area contributed by atoms with E-state index in [-0.39, 0.29) is 11.6 Å². The molecule has 0 atom stereocenters. The molecular formula is C12H11Cl3N2O3S. The SMILES string of the molecule is CNS(=O)(=O)c1ccc(CNc2c(Cl)cc(Cl)cc2Cl)o1. The van der Waals surface area contributed by atoms with Crippen molar-refractivity contribution in [2.45, 2.75) is 11.6 Å². The summed E-state index contributed by atoms with van der Waals surface area (Å²) in [6, 6.07) is 6.02. The molecule has 0 amide bonds. The maximum Gasteiger partial charge on any atom is 0.273 e. The second kappa shape index (κ2) is 6.46. The Balaban J connectivity index is 2.15. The molecule has 0 spiro atoms. The summed E-state index contributed by atoms with van der Waals surface area (Å²) >= 11 is 17.9. The third kappa shape index (κ3) is 3.84. The van der Waals surface area contributed by atoms with Gasteiger partial charge in [0.1, 0.15) is 5.76 Å². The summed E-state index contributed by atoms with van der Waals surface area (Å²) < 4.78 is 30.5. The number of hydrogen-bond donors (Lipinski definition) is 2. The van der Waals surface area contributed by atoms with Crippen LogP contribution >= 0.6 is 34.8 Å². The lowest BCUT2D eigenvalue weighted by atomic mass is 10.3. The average molecular weight is 370 g/mol. The number of furan rings is 1. The normalized spacial score (nSPS) is 11.6. The smallest absolute Gasteiger partial charge is 0.273 e. The molecular weight excluding hydrogens is 359 g/mol. The van der Waals surface area contributed by atoms with Crippen molar-refractivity contribution in [3.63, 3.8) is 0 Å². The first-order chi connectivity index (χ1) is 9.83. The van der Waals surface area contributed by atoms with E-state index in [1.54, 1.807) is 18.2 Å².